The average molecular weight is 317 g/mol. The highest BCUT2D eigenvalue weighted by atomic mass is 16.6. The van der Waals surface area contributed by atoms with E-state index in [1.165, 1.54) is 0 Å². The second-order valence-electron chi connectivity index (χ2n) is 7.97. The minimum Gasteiger partial charge on any atom is -0.452 e. The van der Waals surface area contributed by atoms with Crippen LogP contribution < -0.4 is 0 Å². The molecule has 0 bridgehead atoms. The smallest absolute Gasteiger partial charge is 0.306 e. The Morgan fingerprint density at radius 1 is 1.30 bits per heavy atom. The third kappa shape index (κ3) is 3.60. The summed E-state index contributed by atoms with van der Waals surface area (Å²) < 4.78 is 6.14. The predicted octanol–water partition coefficient (Wildman–Crippen LogP) is 4.22. The van der Waals surface area contributed by atoms with Gasteiger partial charge in [0, 0.05) is 13.0 Å². The molecule has 1 fully saturated rings. The largest absolute Gasteiger partial charge is 0.452 e. The van der Waals surface area contributed by atoms with Crippen LogP contribution in [0.15, 0.2) is 30.3 Å². The van der Waals surface area contributed by atoms with Gasteiger partial charge in [0.15, 0.2) is 5.60 Å². The maximum absolute atomic E-state index is 12.2. The van der Waals surface area contributed by atoms with E-state index in [1.807, 2.05) is 25.1 Å². The number of nitrogens with zero attached hydrogens (tertiary/aromatic N) is 1. The molecule has 3 heteroatoms. The number of ether oxygens (including phenoxy) is 1. The van der Waals surface area contributed by atoms with Crippen molar-refractivity contribution in [2.45, 2.75) is 59.1 Å². The van der Waals surface area contributed by atoms with Crippen molar-refractivity contribution in [3.05, 3.63) is 35.9 Å². The molecule has 0 aromatic heterocycles. The third-order valence-corrected chi connectivity index (χ3v) is 5.47. The Labute approximate surface area is 141 Å². The Kier molecular flexibility index (Phi) is 5.20. The number of hydrogen-bond donors (Lipinski definition) is 0. The first-order valence-electron chi connectivity index (χ1n) is 8.68. The van der Waals surface area contributed by atoms with Crippen molar-refractivity contribution in [2.24, 2.45) is 11.3 Å². The second kappa shape index (κ2) is 6.64. The van der Waals surface area contributed by atoms with Crippen LogP contribution in [0.5, 0.6) is 0 Å². The number of likely N-dealkylation sites (N-methyl/N-ethyl adjacent to an activating group) is 1. The predicted molar refractivity (Wildman–Crippen MR) is 94.2 cm³/mol. The fourth-order valence-corrected chi connectivity index (χ4v) is 3.58. The minimum atomic E-state index is -0.570. The number of benzene rings is 1. The zero-order valence-corrected chi connectivity index (χ0v) is 15.4. The summed E-state index contributed by atoms with van der Waals surface area (Å²) in [7, 11) is 2.14. The lowest BCUT2D eigenvalue weighted by Crippen LogP contribution is -2.58. The van der Waals surface area contributed by atoms with Crippen LogP contribution in [0.4, 0.5) is 0 Å². The summed E-state index contributed by atoms with van der Waals surface area (Å²) in [4.78, 5) is 14.6. The van der Waals surface area contributed by atoms with Crippen molar-refractivity contribution in [1.82, 2.24) is 4.90 Å². The minimum absolute atomic E-state index is 0.122. The molecule has 1 aliphatic heterocycles. The van der Waals surface area contributed by atoms with Crippen LogP contribution in [0.1, 0.15) is 53.0 Å². The molecule has 3 nitrogen and oxygen atoms in total. The van der Waals surface area contributed by atoms with E-state index in [1.54, 1.807) is 0 Å². The van der Waals surface area contributed by atoms with Crippen LogP contribution in [-0.4, -0.2) is 30.5 Å². The summed E-state index contributed by atoms with van der Waals surface area (Å²) in [5, 5.41) is 0. The number of carbonyl (C=O) groups excluding carboxylic acids is 1. The van der Waals surface area contributed by atoms with Crippen molar-refractivity contribution in [1.29, 1.82) is 0 Å². The Morgan fingerprint density at radius 2 is 1.91 bits per heavy atom. The summed E-state index contributed by atoms with van der Waals surface area (Å²) in [6.07, 6.45) is 1.28. The normalized spacial score (nSPS) is 29.3. The SMILES string of the molecule is CCC(=O)O[C@]1(c2ccccc2)C[C@@H](C(C)(C)C)CN(C)[C@H]1C. The van der Waals surface area contributed by atoms with Crippen LogP contribution in [0.2, 0.25) is 0 Å². The van der Waals surface area contributed by atoms with E-state index in [9.17, 15) is 4.79 Å². The highest BCUT2D eigenvalue weighted by Gasteiger charge is 2.50. The Hall–Kier alpha value is -1.35. The standard InChI is InChI=1S/C20H31NO2/c1-7-18(22)23-20(16-11-9-8-10-12-16)13-17(19(3,4)5)14-21(6)15(20)2/h8-12,15,17H,7,13-14H2,1-6H3/t15-,17+,20+/m0/s1. The number of hydrogen-bond acceptors (Lipinski definition) is 3. The summed E-state index contributed by atoms with van der Waals surface area (Å²) in [6, 6.07) is 10.4. The topological polar surface area (TPSA) is 29.5 Å². The first kappa shape index (κ1) is 18.0. The molecule has 0 unspecified atom stereocenters. The highest BCUT2D eigenvalue weighted by Crippen LogP contribution is 2.47. The van der Waals surface area contributed by atoms with Gasteiger partial charge in [-0.2, -0.15) is 0 Å². The Balaban J connectivity index is 2.51. The van der Waals surface area contributed by atoms with Gasteiger partial charge in [-0.3, -0.25) is 9.69 Å². The average Bonchev–Trinajstić information content (AvgIpc) is 2.51. The number of carbonyl (C=O) groups is 1. The molecule has 3 atom stereocenters. The van der Waals surface area contributed by atoms with Crippen LogP contribution in [0.25, 0.3) is 0 Å². The summed E-state index contributed by atoms with van der Waals surface area (Å²) in [6.45, 7) is 11.9. The number of likely N-dealkylation sites (tertiary alicyclic amines) is 1. The van der Waals surface area contributed by atoms with E-state index < -0.39 is 5.60 Å². The van der Waals surface area contributed by atoms with Gasteiger partial charge in [0.25, 0.3) is 0 Å². The van der Waals surface area contributed by atoms with Gasteiger partial charge in [0.1, 0.15) is 0 Å². The number of piperidine rings is 1. The quantitative estimate of drug-likeness (QED) is 0.782. The molecule has 0 spiro atoms. The van der Waals surface area contributed by atoms with Gasteiger partial charge in [0.05, 0.1) is 6.04 Å². The van der Waals surface area contributed by atoms with E-state index in [0.717, 1.165) is 18.5 Å². The Bertz CT molecular complexity index is 534. The third-order valence-electron chi connectivity index (χ3n) is 5.47. The van der Waals surface area contributed by atoms with Crippen molar-refractivity contribution >= 4 is 5.97 Å². The summed E-state index contributed by atoms with van der Waals surface area (Å²) >= 11 is 0. The fourth-order valence-electron chi connectivity index (χ4n) is 3.58. The van der Waals surface area contributed by atoms with E-state index in [-0.39, 0.29) is 17.4 Å². The molecule has 0 aliphatic carbocycles. The molecule has 0 N–H and O–H groups in total. The molecule has 0 saturated carbocycles. The molecule has 23 heavy (non-hydrogen) atoms. The summed E-state index contributed by atoms with van der Waals surface area (Å²) in [5.41, 5.74) is 0.710. The second-order valence-corrected chi connectivity index (χ2v) is 7.97. The zero-order chi connectivity index (χ0) is 17.3. The van der Waals surface area contributed by atoms with Crippen LogP contribution in [0, 0.1) is 11.3 Å². The molecule has 0 radical (unpaired) electrons. The molecule has 1 saturated heterocycles. The lowest BCUT2D eigenvalue weighted by Gasteiger charge is -2.52. The molecular weight excluding hydrogens is 286 g/mol. The van der Waals surface area contributed by atoms with Crippen LogP contribution in [0.3, 0.4) is 0 Å². The number of rotatable bonds is 3. The van der Waals surface area contributed by atoms with E-state index in [4.69, 9.17) is 4.74 Å². The van der Waals surface area contributed by atoms with E-state index in [0.29, 0.717) is 12.3 Å². The molecule has 1 aliphatic rings. The molecule has 1 aromatic rings. The van der Waals surface area contributed by atoms with Crippen molar-refractivity contribution in [2.75, 3.05) is 13.6 Å². The lowest BCUT2D eigenvalue weighted by molar-refractivity contribution is -0.182. The van der Waals surface area contributed by atoms with E-state index in [2.05, 4.69) is 51.8 Å². The maximum atomic E-state index is 12.2. The van der Waals surface area contributed by atoms with Gasteiger partial charge in [0.2, 0.25) is 0 Å². The molecule has 2 rings (SSSR count). The van der Waals surface area contributed by atoms with Gasteiger partial charge < -0.3 is 4.74 Å². The van der Waals surface area contributed by atoms with Crippen LogP contribution in [-0.2, 0) is 15.1 Å². The lowest BCUT2D eigenvalue weighted by atomic mass is 9.67. The van der Waals surface area contributed by atoms with Gasteiger partial charge >= 0.3 is 5.97 Å². The summed E-state index contributed by atoms with van der Waals surface area (Å²) in [5.74, 6) is 0.345. The van der Waals surface area contributed by atoms with Gasteiger partial charge in [-0.25, -0.2) is 0 Å². The molecule has 128 valence electrons. The highest BCUT2D eigenvalue weighted by molar-refractivity contribution is 5.70. The van der Waals surface area contributed by atoms with Gasteiger partial charge in [-0.1, -0.05) is 58.0 Å². The zero-order valence-electron chi connectivity index (χ0n) is 15.4. The van der Waals surface area contributed by atoms with E-state index >= 15 is 0 Å². The fraction of sp³-hybridized carbons (Fsp3) is 0.650. The molecule has 1 heterocycles. The maximum Gasteiger partial charge on any atom is 0.306 e. The first-order chi connectivity index (χ1) is 10.7. The molecular formula is C20H31NO2. The Morgan fingerprint density at radius 3 is 2.43 bits per heavy atom. The van der Waals surface area contributed by atoms with Crippen molar-refractivity contribution in [3.8, 4) is 0 Å². The first-order valence-corrected chi connectivity index (χ1v) is 8.68. The van der Waals surface area contributed by atoms with Gasteiger partial charge in [-0.05, 0) is 37.3 Å². The monoisotopic (exact) mass is 317 g/mol. The van der Waals surface area contributed by atoms with Crippen LogP contribution >= 0.6 is 0 Å². The van der Waals surface area contributed by atoms with Gasteiger partial charge in [-0.15, -0.1) is 0 Å². The van der Waals surface area contributed by atoms with Crippen molar-refractivity contribution < 1.29 is 9.53 Å². The van der Waals surface area contributed by atoms with Crippen molar-refractivity contribution in [3.63, 3.8) is 0 Å². The number of esters is 1. The molecule has 0 amide bonds. The molecule has 1 aromatic carbocycles.